The molecule has 0 aliphatic carbocycles. The highest BCUT2D eigenvalue weighted by molar-refractivity contribution is 5.85. The number of piperidine rings is 1. The lowest BCUT2D eigenvalue weighted by Gasteiger charge is -2.33. The van der Waals surface area contributed by atoms with Crippen LogP contribution in [0.25, 0.3) is 10.9 Å². The second-order valence-electron chi connectivity index (χ2n) is 8.98. The average Bonchev–Trinajstić information content (AvgIpc) is 3.15. The van der Waals surface area contributed by atoms with Gasteiger partial charge in [-0.25, -0.2) is 4.39 Å². The van der Waals surface area contributed by atoms with Crippen molar-refractivity contribution in [3.63, 3.8) is 0 Å². The summed E-state index contributed by atoms with van der Waals surface area (Å²) in [6.45, 7) is 5.77. The number of amides is 1. The van der Waals surface area contributed by atoms with E-state index in [1.165, 1.54) is 31.9 Å². The molecule has 2 aromatic carbocycles. The Morgan fingerprint density at radius 3 is 2.75 bits per heavy atom. The number of aromatic nitrogens is 1. The third-order valence-electron chi connectivity index (χ3n) is 6.68. The van der Waals surface area contributed by atoms with Gasteiger partial charge in [0.25, 0.3) is 0 Å². The fraction of sp³-hybridized carbons (Fsp3) is 0.444. The molecular weight excluding hydrogens is 401 g/mol. The highest BCUT2D eigenvalue weighted by Crippen LogP contribution is 2.24. The number of aryl methyl sites for hydroxylation is 1. The van der Waals surface area contributed by atoms with Crippen molar-refractivity contribution in [1.29, 1.82) is 0 Å². The summed E-state index contributed by atoms with van der Waals surface area (Å²) in [4.78, 5) is 15.0. The minimum Gasteiger partial charge on any atom is -0.356 e. The van der Waals surface area contributed by atoms with Gasteiger partial charge in [0, 0.05) is 48.2 Å². The minimum atomic E-state index is -0.190. The van der Waals surface area contributed by atoms with E-state index in [0.29, 0.717) is 31.0 Å². The molecule has 1 aliphatic heterocycles. The summed E-state index contributed by atoms with van der Waals surface area (Å²) in [5.41, 5.74) is 2.87. The van der Waals surface area contributed by atoms with Crippen molar-refractivity contribution >= 4 is 16.8 Å². The molecule has 1 amide bonds. The lowest BCUT2D eigenvalue weighted by Crippen LogP contribution is -2.39. The second-order valence-corrected chi connectivity index (χ2v) is 8.98. The van der Waals surface area contributed by atoms with Gasteiger partial charge in [0.05, 0.1) is 6.54 Å². The number of carbonyl (C=O) groups excluding carboxylic acids is 1. The zero-order valence-corrected chi connectivity index (χ0v) is 19.0. The smallest absolute Gasteiger partial charge is 0.220 e. The van der Waals surface area contributed by atoms with E-state index in [0.717, 1.165) is 36.0 Å². The van der Waals surface area contributed by atoms with Crippen LogP contribution < -0.4 is 5.32 Å². The number of nitrogens with zero attached hydrogens (tertiary/aromatic N) is 2. The van der Waals surface area contributed by atoms with Crippen molar-refractivity contribution in [3.8, 4) is 0 Å². The molecule has 4 rings (SSSR count). The summed E-state index contributed by atoms with van der Waals surface area (Å²) in [7, 11) is 0. The largest absolute Gasteiger partial charge is 0.356 e. The average molecular weight is 436 g/mol. The predicted molar refractivity (Wildman–Crippen MR) is 128 cm³/mol. The molecule has 0 saturated carbocycles. The molecule has 4 nitrogen and oxygen atoms in total. The van der Waals surface area contributed by atoms with Crippen LogP contribution in [-0.4, -0.2) is 41.1 Å². The van der Waals surface area contributed by atoms with Crippen LogP contribution in [0.4, 0.5) is 4.39 Å². The highest BCUT2D eigenvalue weighted by Gasteiger charge is 2.17. The molecule has 0 radical (unpaired) electrons. The van der Waals surface area contributed by atoms with Crippen LogP contribution in [-0.2, 0) is 17.8 Å². The van der Waals surface area contributed by atoms with E-state index in [2.05, 4.69) is 40.0 Å². The molecule has 1 aromatic heterocycles. The Morgan fingerprint density at radius 2 is 1.91 bits per heavy atom. The highest BCUT2D eigenvalue weighted by atomic mass is 19.1. The topological polar surface area (TPSA) is 37.3 Å². The van der Waals surface area contributed by atoms with Gasteiger partial charge < -0.3 is 14.8 Å². The first-order valence-corrected chi connectivity index (χ1v) is 11.9. The molecular formula is C27H34FN3O. The Morgan fingerprint density at radius 1 is 1.09 bits per heavy atom. The van der Waals surface area contributed by atoms with Crippen LogP contribution in [0.2, 0.25) is 0 Å². The van der Waals surface area contributed by atoms with Gasteiger partial charge in [0.15, 0.2) is 0 Å². The zero-order valence-electron chi connectivity index (χ0n) is 19.0. The van der Waals surface area contributed by atoms with Gasteiger partial charge in [-0.15, -0.1) is 0 Å². The number of likely N-dealkylation sites (tertiary alicyclic amines) is 1. The van der Waals surface area contributed by atoms with Crippen molar-refractivity contribution in [2.45, 2.75) is 58.0 Å². The van der Waals surface area contributed by atoms with Crippen LogP contribution in [0.1, 0.15) is 50.2 Å². The van der Waals surface area contributed by atoms with E-state index in [9.17, 15) is 9.18 Å². The zero-order chi connectivity index (χ0) is 22.3. The van der Waals surface area contributed by atoms with Crippen LogP contribution in [0.3, 0.4) is 0 Å². The van der Waals surface area contributed by atoms with Crippen LogP contribution >= 0.6 is 0 Å². The molecule has 170 valence electrons. The van der Waals surface area contributed by atoms with E-state index in [4.69, 9.17) is 0 Å². The van der Waals surface area contributed by atoms with Gasteiger partial charge in [-0.1, -0.05) is 42.8 Å². The van der Waals surface area contributed by atoms with Crippen LogP contribution in [0, 0.1) is 5.82 Å². The monoisotopic (exact) mass is 435 g/mol. The molecule has 0 bridgehead atoms. The maximum Gasteiger partial charge on any atom is 0.220 e. The number of rotatable bonds is 9. The molecule has 0 spiro atoms. The number of para-hydroxylation sites is 1. The minimum absolute atomic E-state index is 0.0997. The van der Waals surface area contributed by atoms with Crippen molar-refractivity contribution in [1.82, 2.24) is 14.8 Å². The number of nitrogens with one attached hydrogen (secondary N) is 1. The van der Waals surface area contributed by atoms with Gasteiger partial charge in [0.2, 0.25) is 5.91 Å². The quantitative estimate of drug-likeness (QED) is 0.473. The third-order valence-corrected chi connectivity index (χ3v) is 6.68. The fourth-order valence-electron chi connectivity index (χ4n) is 4.80. The van der Waals surface area contributed by atoms with Crippen molar-refractivity contribution in [2.24, 2.45) is 0 Å². The molecule has 1 fully saturated rings. The van der Waals surface area contributed by atoms with E-state index in [1.807, 2.05) is 24.3 Å². The molecule has 32 heavy (non-hydrogen) atoms. The van der Waals surface area contributed by atoms with Crippen LogP contribution in [0.15, 0.2) is 54.7 Å². The Labute approximate surface area is 190 Å². The second kappa shape index (κ2) is 10.8. The van der Waals surface area contributed by atoms with Gasteiger partial charge in [-0.05, 0) is 56.8 Å². The maximum atomic E-state index is 14.2. The van der Waals surface area contributed by atoms with Gasteiger partial charge in [-0.3, -0.25) is 4.79 Å². The molecule has 0 unspecified atom stereocenters. The summed E-state index contributed by atoms with van der Waals surface area (Å²) in [5.74, 6) is -0.0900. The van der Waals surface area contributed by atoms with Crippen molar-refractivity contribution in [2.75, 3.05) is 19.6 Å². The lowest BCUT2D eigenvalue weighted by molar-refractivity contribution is -0.121. The summed E-state index contributed by atoms with van der Waals surface area (Å²) in [5, 5.41) is 4.22. The Bertz CT molecular complexity index is 1040. The first-order valence-electron chi connectivity index (χ1n) is 11.9. The summed E-state index contributed by atoms with van der Waals surface area (Å²) < 4.78 is 16.2. The number of carbonyl (C=O) groups is 1. The molecule has 1 atom stereocenters. The predicted octanol–water partition coefficient (Wildman–Crippen LogP) is 5.14. The van der Waals surface area contributed by atoms with Gasteiger partial charge in [0.1, 0.15) is 5.82 Å². The van der Waals surface area contributed by atoms with Gasteiger partial charge >= 0.3 is 0 Å². The molecule has 3 aromatic rings. The van der Waals surface area contributed by atoms with E-state index in [1.54, 1.807) is 6.07 Å². The normalized spacial score (nSPS) is 17.0. The molecule has 2 heterocycles. The van der Waals surface area contributed by atoms with Crippen LogP contribution in [0.5, 0.6) is 0 Å². The molecule has 1 saturated heterocycles. The van der Waals surface area contributed by atoms with E-state index < -0.39 is 0 Å². The van der Waals surface area contributed by atoms with Crippen molar-refractivity contribution in [3.05, 3.63) is 71.7 Å². The maximum absolute atomic E-state index is 14.2. The van der Waals surface area contributed by atoms with Crippen molar-refractivity contribution < 1.29 is 9.18 Å². The summed E-state index contributed by atoms with van der Waals surface area (Å²) >= 11 is 0. The SMILES string of the molecule is C[C@@H]1CCCCN1CCCNC(=O)CCc1cn(Cc2ccccc2F)c2ccccc12. The third kappa shape index (κ3) is 5.57. The Hall–Kier alpha value is -2.66. The summed E-state index contributed by atoms with van der Waals surface area (Å²) in [6.07, 6.45) is 8.14. The first-order chi connectivity index (χ1) is 15.6. The number of fused-ring (bicyclic) bond motifs is 1. The molecule has 1 aliphatic rings. The number of hydrogen-bond donors (Lipinski definition) is 1. The van der Waals surface area contributed by atoms with Gasteiger partial charge in [-0.2, -0.15) is 0 Å². The first kappa shape index (κ1) is 22.5. The van der Waals surface area contributed by atoms with E-state index >= 15 is 0 Å². The number of benzene rings is 2. The molecule has 1 N–H and O–H groups in total. The van der Waals surface area contributed by atoms with E-state index in [-0.39, 0.29) is 11.7 Å². The number of hydrogen-bond acceptors (Lipinski definition) is 2. The molecule has 5 heteroatoms. The Balaban J connectivity index is 1.31. The standard InChI is InChI=1S/C27H34FN3O/c1-21-9-6-7-17-30(21)18-8-16-29-27(32)15-14-22-19-31(26-13-5-3-11-24(22)26)20-23-10-2-4-12-25(23)28/h2-5,10-13,19,21H,6-9,14-18,20H2,1H3,(H,29,32)/t21-/m1/s1. The summed E-state index contributed by atoms with van der Waals surface area (Å²) in [6, 6.07) is 15.7. The number of halogens is 1. The fourth-order valence-corrected chi connectivity index (χ4v) is 4.80. The Kier molecular flexibility index (Phi) is 7.59. The lowest BCUT2D eigenvalue weighted by atomic mass is 10.0.